The maximum Gasteiger partial charge on any atom is 0.248 e. The molecule has 3 rings (SSSR count). The summed E-state index contributed by atoms with van der Waals surface area (Å²) < 4.78 is 1.73. The molecule has 0 spiro atoms. The van der Waals surface area contributed by atoms with Crippen molar-refractivity contribution in [3.05, 3.63) is 77.9 Å². The van der Waals surface area contributed by atoms with Gasteiger partial charge in [0.1, 0.15) is 12.7 Å². The number of primary amides is 1. The molecular weight excluding hydrogens is 314 g/mol. The van der Waals surface area contributed by atoms with Crippen LogP contribution >= 0.6 is 0 Å². The first-order chi connectivity index (χ1) is 12.0. The minimum Gasteiger partial charge on any atom is -0.366 e. The van der Waals surface area contributed by atoms with Crippen LogP contribution in [0.1, 0.15) is 34.5 Å². The van der Waals surface area contributed by atoms with Crippen molar-refractivity contribution in [2.45, 2.75) is 19.5 Å². The zero-order valence-electron chi connectivity index (χ0n) is 14.3. The Morgan fingerprint density at radius 2 is 1.84 bits per heavy atom. The fourth-order valence-corrected chi connectivity index (χ4v) is 2.70. The van der Waals surface area contributed by atoms with E-state index in [1.165, 1.54) is 11.9 Å². The Bertz CT molecular complexity index is 825. The van der Waals surface area contributed by atoms with Crippen LogP contribution in [0.25, 0.3) is 5.69 Å². The van der Waals surface area contributed by atoms with Gasteiger partial charge in [-0.25, -0.2) is 9.67 Å². The van der Waals surface area contributed by atoms with Crippen molar-refractivity contribution in [2.24, 2.45) is 5.73 Å². The normalized spacial score (nSPS) is 12.3. The van der Waals surface area contributed by atoms with E-state index in [-0.39, 0.29) is 6.04 Å². The topological polar surface area (TPSA) is 77.0 Å². The third-order valence-electron chi connectivity index (χ3n) is 4.39. The zero-order chi connectivity index (χ0) is 17.8. The molecule has 0 fully saturated rings. The molecule has 2 aromatic carbocycles. The van der Waals surface area contributed by atoms with Crippen LogP contribution in [0.15, 0.2) is 61.2 Å². The Morgan fingerprint density at radius 3 is 2.40 bits per heavy atom. The highest BCUT2D eigenvalue weighted by Crippen LogP contribution is 2.22. The van der Waals surface area contributed by atoms with Crippen molar-refractivity contribution in [3.8, 4) is 5.69 Å². The molecule has 1 amide bonds. The summed E-state index contributed by atoms with van der Waals surface area (Å²) in [7, 11) is 2.08. The third-order valence-corrected chi connectivity index (χ3v) is 4.39. The van der Waals surface area contributed by atoms with Gasteiger partial charge in [0.15, 0.2) is 0 Å². The molecule has 1 heterocycles. The standard InChI is InChI=1S/C19H21N5O/c1-14(16-7-9-18(10-8-16)24-13-21-12-22-24)23(2)11-15-3-5-17(6-4-15)19(20)25/h3-10,12-14H,11H2,1-2H3,(H2,20,25)/t14-/m0/s1. The Kier molecular flexibility index (Phi) is 4.90. The lowest BCUT2D eigenvalue weighted by Gasteiger charge is -2.25. The third kappa shape index (κ3) is 3.92. The molecule has 0 bridgehead atoms. The average Bonchev–Trinajstić information content (AvgIpc) is 3.16. The smallest absolute Gasteiger partial charge is 0.248 e. The van der Waals surface area contributed by atoms with Gasteiger partial charge in [0.2, 0.25) is 5.91 Å². The van der Waals surface area contributed by atoms with Crippen molar-refractivity contribution in [2.75, 3.05) is 7.05 Å². The second kappa shape index (κ2) is 7.27. The van der Waals surface area contributed by atoms with Gasteiger partial charge < -0.3 is 5.73 Å². The molecule has 0 saturated carbocycles. The molecule has 2 N–H and O–H groups in total. The molecule has 0 aliphatic rings. The second-order valence-electron chi connectivity index (χ2n) is 6.08. The number of hydrogen-bond acceptors (Lipinski definition) is 4. The first kappa shape index (κ1) is 16.9. The van der Waals surface area contributed by atoms with E-state index >= 15 is 0 Å². The van der Waals surface area contributed by atoms with E-state index in [1.807, 2.05) is 24.3 Å². The van der Waals surface area contributed by atoms with Gasteiger partial charge in [-0.1, -0.05) is 24.3 Å². The fourth-order valence-electron chi connectivity index (χ4n) is 2.70. The van der Waals surface area contributed by atoms with Gasteiger partial charge in [0, 0.05) is 18.2 Å². The monoisotopic (exact) mass is 335 g/mol. The Morgan fingerprint density at radius 1 is 1.16 bits per heavy atom. The quantitative estimate of drug-likeness (QED) is 0.751. The summed E-state index contributed by atoms with van der Waals surface area (Å²) in [6.07, 6.45) is 3.20. The molecule has 0 saturated heterocycles. The number of nitrogens with zero attached hydrogens (tertiary/aromatic N) is 4. The SMILES string of the molecule is C[C@@H](c1ccc(-n2cncn2)cc1)N(C)Cc1ccc(C(N)=O)cc1. The average molecular weight is 335 g/mol. The minimum absolute atomic E-state index is 0.251. The number of carbonyl (C=O) groups is 1. The van der Waals surface area contributed by atoms with Gasteiger partial charge in [0.25, 0.3) is 0 Å². The van der Waals surface area contributed by atoms with Crippen LogP contribution in [-0.2, 0) is 6.54 Å². The Hall–Kier alpha value is -2.99. The number of hydrogen-bond donors (Lipinski definition) is 1. The van der Waals surface area contributed by atoms with E-state index < -0.39 is 5.91 Å². The van der Waals surface area contributed by atoms with Crippen LogP contribution in [0.2, 0.25) is 0 Å². The number of aromatic nitrogens is 3. The molecule has 6 heteroatoms. The van der Waals surface area contributed by atoms with Crippen molar-refractivity contribution in [1.82, 2.24) is 19.7 Å². The zero-order valence-corrected chi connectivity index (χ0v) is 14.3. The van der Waals surface area contributed by atoms with Gasteiger partial charge in [-0.15, -0.1) is 0 Å². The predicted octanol–water partition coefficient (Wildman–Crippen LogP) is 2.56. The molecule has 1 aromatic heterocycles. The van der Waals surface area contributed by atoms with Gasteiger partial charge in [-0.3, -0.25) is 9.69 Å². The van der Waals surface area contributed by atoms with Crippen LogP contribution in [0, 0.1) is 0 Å². The maximum absolute atomic E-state index is 11.1. The molecular formula is C19H21N5O. The van der Waals surface area contributed by atoms with E-state index in [0.29, 0.717) is 5.56 Å². The molecule has 25 heavy (non-hydrogen) atoms. The van der Waals surface area contributed by atoms with E-state index in [9.17, 15) is 4.79 Å². The van der Waals surface area contributed by atoms with Gasteiger partial charge >= 0.3 is 0 Å². The number of rotatable bonds is 6. The summed E-state index contributed by atoms with van der Waals surface area (Å²) in [5.74, 6) is -0.402. The number of carbonyl (C=O) groups excluding carboxylic acids is 1. The van der Waals surface area contributed by atoms with E-state index in [1.54, 1.807) is 23.1 Å². The summed E-state index contributed by atoms with van der Waals surface area (Å²) >= 11 is 0. The van der Waals surface area contributed by atoms with Crippen LogP contribution in [-0.4, -0.2) is 32.6 Å². The van der Waals surface area contributed by atoms with Crippen LogP contribution in [0.4, 0.5) is 0 Å². The van der Waals surface area contributed by atoms with E-state index in [0.717, 1.165) is 17.8 Å². The predicted molar refractivity (Wildman–Crippen MR) is 96.2 cm³/mol. The highest BCUT2D eigenvalue weighted by molar-refractivity contribution is 5.92. The summed E-state index contributed by atoms with van der Waals surface area (Å²) in [6, 6.07) is 16.0. The van der Waals surface area contributed by atoms with Gasteiger partial charge in [-0.2, -0.15) is 5.10 Å². The van der Waals surface area contributed by atoms with E-state index in [2.05, 4.69) is 41.1 Å². The minimum atomic E-state index is -0.402. The fraction of sp³-hybridized carbons (Fsp3) is 0.211. The lowest BCUT2D eigenvalue weighted by Crippen LogP contribution is -2.22. The summed E-state index contributed by atoms with van der Waals surface area (Å²) in [4.78, 5) is 17.4. The second-order valence-corrected chi connectivity index (χ2v) is 6.08. The maximum atomic E-state index is 11.1. The van der Waals surface area contributed by atoms with Crippen molar-refractivity contribution in [3.63, 3.8) is 0 Å². The highest BCUT2D eigenvalue weighted by Gasteiger charge is 2.12. The molecule has 0 aliphatic carbocycles. The van der Waals surface area contributed by atoms with Crippen molar-refractivity contribution >= 4 is 5.91 Å². The summed E-state index contributed by atoms with van der Waals surface area (Å²) in [5.41, 5.74) is 9.15. The van der Waals surface area contributed by atoms with Crippen LogP contribution in [0.5, 0.6) is 0 Å². The largest absolute Gasteiger partial charge is 0.366 e. The summed E-state index contributed by atoms with van der Waals surface area (Å²) in [6.45, 7) is 2.95. The highest BCUT2D eigenvalue weighted by atomic mass is 16.1. The molecule has 6 nitrogen and oxygen atoms in total. The molecule has 0 radical (unpaired) electrons. The number of nitrogens with two attached hydrogens (primary N) is 1. The number of benzene rings is 2. The molecule has 0 aliphatic heterocycles. The lowest BCUT2D eigenvalue weighted by atomic mass is 10.1. The Labute approximate surface area is 146 Å². The first-order valence-electron chi connectivity index (χ1n) is 8.08. The Balaban J connectivity index is 1.67. The molecule has 128 valence electrons. The first-order valence-corrected chi connectivity index (χ1v) is 8.08. The van der Waals surface area contributed by atoms with Crippen LogP contribution in [0.3, 0.4) is 0 Å². The van der Waals surface area contributed by atoms with Crippen LogP contribution < -0.4 is 5.73 Å². The van der Waals surface area contributed by atoms with Crippen molar-refractivity contribution in [1.29, 1.82) is 0 Å². The number of amides is 1. The lowest BCUT2D eigenvalue weighted by molar-refractivity contribution is 0.100. The van der Waals surface area contributed by atoms with Gasteiger partial charge in [0.05, 0.1) is 5.69 Å². The van der Waals surface area contributed by atoms with Gasteiger partial charge in [-0.05, 0) is 49.4 Å². The van der Waals surface area contributed by atoms with E-state index in [4.69, 9.17) is 5.73 Å². The molecule has 1 atom stereocenters. The molecule has 3 aromatic rings. The molecule has 0 unspecified atom stereocenters. The summed E-state index contributed by atoms with van der Waals surface area (Å²) in [5, 5.41) is 4.13. The van der Waals surface area contributed by atoms with Crippen molar-refractivity contribution < 1.29 is 4.79 Å².